The predicted octanol–water partition coefficient (Wildman–Crippen LogP) is 2.55. The summed E-state index contributed by atoms with van der Waals surface area (Å²) in [6.45, 7) is 3.82. The highest BCUT2D eigenvalue weighted by molar-refractivity contribution is 7.15. The summed E-state index contributed by atoms with van der Waals surface area (Å²) in [5.41, 5.74) is 2.46. The monoisotopic (exact) mass is 270 g/mol. The Labute approximate surface area is 109 Å². The van der Waals surface area contributed by atoms with Crippen molar-refractivity contribution in [2.45, 2.75) is 26.3 Å². The number of hydrogen-bond donors (Lipinski definition) is 2. The molecule has 2 heterocycles. The van der Waals surface area contributed by atoms with Crippen LogP contribution in [0.1, 0.15) is 22.7 Å². The quantitative estimate of drug-likeness (QED) is 0.793. The molecule has 2 rings (SSSR count). The van der Waals surface area contributed by atoms with Crippen LogP contribution in [0.25, 0.3) is 0 Å². The first-order valence-electron chi connectivity index (χ1n) is 5.55. The van der Waals surface area contributed by atoms with E-state index < -0.39 is 0 Å². The molecule has 2 aromatic rings. The van der Waals surface area contributed by atoms with Gasteiger partial charge in [0.1, 0.15) is 9.34 Å². The maximum atomic E-state index is 5.80. The van der Waals surface area contributed by atoms with E-state index in [0.717, 1.165) is 41.0 Å². The molecule has 2 aromatic heterocycles. The van der Waals surface area contributed by atoms with E-state index in [9.17, 15) is 0 Å². The molecule has 0 spiro atoms. The van der Waals surface area contributed by atoms with Crippen molar-refractivity contribution in [1.82, 2.24) is 20.5 Å². The van der Waals surface area contributed by atoms with Gasteiger partial charge in [0.15, 0.2) is 0 Å². The van der Waals surface area contributed by atoms with E-state index in [4.69, 9.17) is 11.6 Å². The number of halogens is 1. The zero-order valence-corrected chi connectivity index (χ0v) is 11.2. The number of H-pyrrole nitrogens is 1. The SMILES string of the molecule is Cc1[nH]ncc1CCCNCc1ncc(Cl)s1. The molecular weight excluding hydrogens is 256 g/mol. The maximum Gasteiger partial charge on any atom is 0.113 e. The third-order valence-corrected chi connectivity index (χ3v) is 3.65. The molecule has 0 unspecified atom stereocenters. The molecule has 17 heavy (non-hydrogen) atoms. The average molecular weight is 271 g/mol. The summed E-state index contributed by atoms with van der Waals surface area (Å²) < 4.78 is 0.746. The minimum atomic E-state index is 0.746. The summed E-state index contributed by atoms with van der Waals surface area (Å²) in [4.78, 5) is 4.19. The van der Waals surface area contributed by atoms with Gasteiger partial charge in [-0.15, -0.1) is 11.3 Å². The van der Waals surface area contributed by atoms with E-state index in [1.165, 1.54) is 16.9 Å². The van der Waals surface area contributed by atoms with E-state index in [-0.39, 0.29) is 0 Å². The summed E-state index contributed by atoms with van der Waals surface area (Å²) in [6, 6.07) is 0. The molecule has 0 saturated heterocycles. The highest BCUT2D eigenvalue weighted by atomic mass is 35.5. The Morgan fingerprint density at radius 2 is 2.35 bits per heavy atom. The normalized spacial score (nSPS) is 10.9. The number of aromatic amines is 1. The van der Waals surface area contributed by atoms with Crippen molar-refractivity contribution >= 4 is 22.9 Å². The Balaban J connectivity index is 1.62. The predicted molar refractivity (Wildman–Crippen MR) is 70.5 cm³/mol. The standard InChI is InChI=1S/C11H15ClN4S/c1-8-9(5-15-16-8)3-2-4-13-7-11-14-6-10(12)17-11/h5-6,13H,2-4,7H2,1H3,(H,15,16). The first kappa shape index (κ1) is 12.5. The lowest BCUT2D eigenvalue weighted by atomic mass is 10.1. The topological polar surface area (TPSA) is 53.6 Å². The molecule has 0 amide bonds. The van der Waals surface area contributed by atoms with Crippen molar-refractivity contribution in [3.05, 3.63) is 33.0 Å². The lowest BCUT2D eigenvalue weighted by molar-refractivity contribution is 0.646. The van der Waals surface area contributed by atoms with Crippen molar-refractivity contribution in [3.8, 4) is 0 Å². The van der Waals surface area contributed by atoms with Gasteiger partial charge in [-0.05, 0) is 31.9 Å². The van der Waals surface area contributed by atoms with Crippen molar-refractivity contribution in [3.63, 3.8) is 0 Å². The molecule has 0 radical (unpaired) electrons. The summed E-state index contributed by atoms with van der Waals surface area (Å²) in [6.07, 6.45) is 5.74. The Kier molecular flexibility index (Phi) is 4.53. The van der Waals surface area contributed by atoms with Crippen LogP contribution < -0.4 is 5.32 Å². The minimum absolute atomic E-state index is 0.746. The second kappa shape index (κ2) is 6.14. The van der Waals surface area contributed by atoms with Gasteiger partial charge in [0, 0.05) is 12.2 Å². The Morgan fingerprint density at radius 3 is 3.00 bits per heavy atom. The van der Waals surface area contributed by atoms with Crippen LogP contribution in [-0.4, -0.2) is 21.7 Å². The van der Waals surface area contributed by atoms with Crippen molar-refractivity contribution in [2.24, 2.45) is 0 Å². The molecule has 0 bridgehead atoms. The molecule has 0 aliphatic rings. The summed E-state index contributed by atoms with van der Waals surface area (Å²) >= 11 is 7.33. The molecule has 0 fully saturated rings. The lowest BCUT2D eigenvalue weighted by Crippen LogP contribution is -2.15. The van der Waals surface area contributed by atoms with Crippen molar-refractivity contribution in [2.75, 3.05) is 6.54 Å². The molecule has 4 nitrogen and oxygen atoms in total. The highest BCUT2D eigenvalue weighted by Gasteiger charge is 2.01. The van der Waals surface area contributed by atoms with Gasteiger partial charge in [-0.2, -0.15) is 5.10 Å². The van der Waals surface area contributed by atoms with Crippen LogP contribution in [0.15, 0.2) is 12.4 Å². The zero-order valence-electron chi connectivity index (χ0n) is 9.66. The fourth-order valence-corrected chi connectivity index (χ4v) is 2.52. The van der Waals surface area contributed by atoms with Crippen LogP contribution in [0.3, 0.4) is 0 Å². The number of aromatic nitrogens is 3. The van der Waals surface area contributed by atoms with Gasteiger partial charge in [0.05, 0.1) is 12.4 Å². The molecule has 92 valence electrons. The number of nitrogens with one attached hydrogen (secondary N) is 2. The second-order valence-corrected chi connectivity index (χ2v) is 5.61. The first-order chi connectivity index (χ1) is 8.25. The average Bonchev–Trinajstić information content (AvgIpc) is 2.88. The summed E-state index contributed by atoms with van der Waals surface area (Å²) in [5.74, 6) is 0. The zero-order chi connectivity index (χ0) is 12.1. The third kappa shape index (κ3) is 3.80. The summed E-state index contributed by atoms with van der Waals surface area (Å²) in [7, 11) is 0. The third-order valence-electron chi connectivity index (χ3n) is 2.54. The van der Waals surface area contributed by atoms with Crippen LogP contribution >= 0.6 is 22.9 Å². The molecule has 0 aliphatic heterocycles. The fraction of sp³-hybridized carbons (Fsp3) is 0.455. The van der Waals surface area contributed by atoms with Crippen LogP contribution in [-0.2, 0) is 13.0 Å². The Morgan fingerprint density at radius 1 is 1.47 bits per heavy atom. The highest BCUT2D eigenvalue weighted by Crippen LogP contribution is 2.17. The first-order valence-corrected chi connectivity index (χ1v) is 6.75. The van der Waals surface area contributed by atoms with Crippen LogP contribution in [0.5, 0.6) is 0 Å². The molecule has 0 aromatic carbocycles. The minimum Gasteiger partial charge on any atom is -0.310 e. The Hall–Kier alpha value is -0.910. The molecule has 6 heteroatoms. The van der Waals surface area contributed by atoms with E-state index in [1.54, 1.807) is 6.20 Å². The van der Waals surface area contributed by atoms with Gasteiger partial charge < -0.3 is 5.32 Å². The van der Waals surface area contributed by atoms with Gasteiger partial charge in [0.25, 0.3) is 0 Å². The van der Waals surface area contributed by atoms with Crippen molar-refractivity contribution in [1.29, 1.82) is 0 Å². The maximum absolute atomic E-state index is 5.80. The second-order valence-electron chi connectivity index (χ2n) is 3.86. The molecule has 2 N–H and O–H groups in total. The number of rotatable bonds is 6. The van der Waals surface area contributed by atoms with Crippen LogP contribution in [0, 0.1) is 6.92 Å². The molecule has 0 aliphatic carbocycles. The number of hydrogen-bond acceptors (Lipinski definition) is 4. The number of aryl methyl sites for hydroxylation is 2. The molecular formula is C11H15ClN4S. The van der Waals surface area contributed by atoms with E-state index in [0.29, 0.717) is 0 Å². The number of nitrogens with zero attached hydrogens (tertiary/aromatic N) is 2. The van der Waals surface area contributed by atoms with Gasteiger partial charge >= 0.3 is 0 Å². The molecule has 0 atom stereocenters. The van der Waals surface area contributed by atoms with Gasteiger partial charge in [-0.25, -0.2) is 4.98 Å². The van der Waals surface area contributed by atoms with Gasteiger partial charge in [-0.3, -0.25) is 5.10 Å². The van der Waals surface area contributed by atoms with E-state index >= 15 is 0 Å². The fourth-order valence-electron chi connectivity index (χ4n) is 1.60. The van der Waals surface area contributed by atoms with E-state index in [1.807, 2.05) is 13.1 Å². The van der Waals surface area contributed by atoms with Crippen LogP contribution in [0.4, 0.5) is 0 Å². The van der Waals surface area contributed by atoms with E-state index in [2.05, 4.69) is 20.5 Å². The lowest BCUT2D eigenvalue weighted by Gasteiger charge is -2.02. The van der Waals surface area contributed by atoms with Gasteiger partial charge in [-0.1, -0.05) is 11.6 Å². The van der Waals surface area contributed by atoms with Crippen molar-refractivity contribution < 1.29 is 0 Å². The van der Waals surface area contributed by atoms with Crippen LogP contribution in [0.2, 0.25) is 4.34 Å². The Bertz CT molecular complexity index is 465. The smallest absolute Gasteiger partial charge is 0.113 e. The largest absolute Gasteiger partial charge is 0.310 e. The molecule has 0 saturated carbocycles. The summed E-state index contributed by atoms with van der Waals surface area (Å²) in [5, 5.41) is 11.3. The van der Waals surface area contributed by atoms with Gasteiger partial charge in [0.2, 0.25) is 0 Å². The number of thiazole rings is 1.